The molecule has 1 aromatic carbocycles. The van der Waals surface area contributed by atoms with Gasteiger partial charge in [0.05, 0.1) is 0 Å². The van der Waals surface area contributed by atoms with E-state index in [1.54, 1.807) is 0 Å². The standard InChI is InChI=1S/C7H2Br5O.Na/c8-3-2(1-13)4(9)6(11)7(12)5(3)10;/h1H2;/q-1;+1. The molecule has 0 spiro atoms. The minimum absolute atomic E-state index is 0. The molecule has 0 saturated carbocycles. The molecule has 0 bridgehead atoms. The molecule has 0 aliphatic carbocycles. The van der Waals surface area contributed by atoms with Crippen LogP contribution in [0.1, 0.15) is 5.56 Å². The molecule has 0 N–H and O–H groups in total. The monoisotopic (exact) mass is 520 g/mol. The van der Waals surface area contributed by atoms with Crippen molar-refractivity contribution in [3.05, 3.63) is 27.9 Å². The summed E-state index contributed by atoms with van der Waals surface area (Å²) < 4.78 is 4.12. The minimum Gasteiger partial charge on any atom is -0.851 e. The Hall–Kier alpha value is 2.58. The number of hydrogen-bond acceptors (Lipinski definition) is 1. The van der Waals surface area contributed by atoms with Crippen LogP contribution in [0.4, 0.5) is 0 Å². The number of benzene rings is 1. The van der Waals surface area contributed by atoms with Gasteiger partial charge >= 0.3 is 29.6 Å². The summed E-state index contributed by atoms with van der Waals surface area (Å²) in [5, 5.41) is 10.9. The SMILES string of the molecule is [Na+].[O-]Cc1c(Br)c(Br)c(Br)c(Br)c1Br. The molecule has 0 aliphatic rings. The molecule has 72 valence electrons. The molecule has 0 fully saturated rings. The first kappa shape index (κ1) is 16.6. The molecule has 1 rings (SSSR count). The van der Waals surface area contributed by atoms with Crippen molar-refractivity contribution in [1.29, 1.82) is 0 Å². The van der Waals surface area contributed by atoms with Crippen LogP contribution in [0.5, 0.6) is 0 Å². The zero-order valence-electron chi connectivity index (χ0n) is 7.01. The van der Waals surface area contributed by atoms with Gasteiger partial charge in [0.1, 0.15) is 0 Å². The van der Waals surface area contributed by atoms with Gasteiger partial charge in [0.25, 0.3) is 0 Å². The average Bonchev–Trinajstić information content (AvgIpc) is 2.13. The molecule has 0 heterocycles. The van der Waals surface area contributed by atoms with Gasteiger partial charge in [0.2, 0.25) is 0 Å². The number of halogens is 5. The predicted octanol–water partition coefficient (Wildman–Crippen LogP) is 1.36. The van der Waals surface area contributed by atoms with E-state index in [0.29, 0.717) is 5.56 Å². The van der Waals surface area contributed by atoms with Gasteiger partial charge in [-0.3, -0.25) is 0 Å². The number of rotatable bonds is 1. The van der Waals surface area contributed by atoms with Gasteiger partial charge in [-0.1, -0.05) is 0 Å². The quantitative estimate of drug-likeness (QED) is 0.309. The summed E-state index contributed by atoms with van der Waals surface area (Å²) in [6, 6.07) is 0. The number of hydrogen-bond donors (Lipinski definition) is 0. The van der Waals surface area contributed by atoms with Crippen LogP contribution in [-0.2, 0) is 6.61 Å². The largest absolute Gasteiger partial charge is 1.00 e. The fourth-order valence-corrected chi connectivity index (χ4v) is 4.13. The van der Waals surface area contributed by atoms with Crippen molar-refractivity contribution in [3.8, 4) is 0 Å². The maximum atomic E-state index is 10.9. The van der Waals surface area contributed by atoms with Crippen molar-refractivity contribution in [2.45, 2.75) is 6.61 Å². The maximum absolute atomic E-state index is 10.9. The maximum Gasteiger partial charge on any atom is 1.00 e. The molecule has 0 atom stereocenters. The van der Waals surface area contributed by atoms with Crippen LogP contribution >= 0.6 is 79.6 Å². The topological polar surface area (TPSA) is 23.1 Å². The van der Waals surface area contributed by atoms with E-state index in [4.69, 9.17) is 0 Å². The fraction of sp³-hybridized carbons (Fsp3) is 0.143. The summed E-state index contributed by atoms with van der Waals surface area (Å²) in [6.07, 6.45) is 0. The second kappa shape index (κ2) is 7.11. The van der Waals surface area contributed by atoms with E-state index in [9.17, 15) is 5.11 Å². The van der Waals surface area contributed by atoms with E-state index < -0.39 is 0 Å². The molecule has 1 aromatic rings. The van der Waals surface area contributed by atoms with E-state index in [-0.39, 0.29) is 36.2 Å². The first-order valence-corrected chi connectivity index (χ1v) is 7.05. The average molecular weight is 525 g/mol. The summed E-state index contributed by atoms with van der Waals surface area (Å²) in [6.45, 7) is -0.272. The third-order valence-electron chi connectivity index (χ3n) is 1.45. The molecule has 0 aromatic heterocycles. The van der Waals surface area contributed by atoms with E-state index in [1.807, 2.05) is 0 Å². The molecule has 0 unspecified atom stereocenters. The smallest absolute Gasteiger partial charge is 0.851 e. The second-order valence-electron chi connectivity index (χ2n) is 2.19. The van der Waals surface area contributed by atoms with Crippen LogP contribution in [0.3, 0.4) is 0 Å². The van der Waals surface area contributed by atoms with Gasteiger partial charge in [-0.2, -0.15) is 0 Å². The van der Waals surface area contributed by atoms with E-state index in [2.05, 4.69) is 79.6 Å². The van der Waals surface area contributed by atoms with Crippen LogP contribution in [-0.4, -0.2) is 0 Å². The molecule has 0 saturated heterocycles. The Morgan fingerprint density at radius 3 is 1.29 bits per heavy atom. The Labute approximate surface area is 146 Å². The van der Waals surface area contributed by atoms with Crippen molar-refractivity contribution in [1.82, 2.24) is 0 Å². The van der Waals surface area contributed by atoms with Gasteiger partial charge in [-0.25, -0.2) is 0 Å². The molecule has 0 aliphatic heterocycles. The van der Waals surface area contributed by atoms with Gasteiger partial charge in [-0.15, -0.1) is 6.61 Å². The van der Waals surface area contributed by atoms with Crippen molar-refractivity contribution >= 4 is 79.6 Å². The first-order valence-electron chi connectivity index (χ1n) is 3.09. The Balaban J connectivity index is 0.00000169. The van der Waals surface area contributed by atoms with Crippen LogP contribution < -0.4 is 34.7 Å². The summed E-state index contributed by atoms with van der Waals surface area (Å²) in [5.74, 6) is 0. The Kier molecular flexibility index (Phi) is 8.42. The van der Waals surface area contributed by atoms with Crippen molar-refractivity contribution in [3.63, 3.8) is 0 Å². The Morgan fingerprint density at radius 2 is 1.00 bits per heavy atom. The van der Waals surface area contributed by atoms with Crippen molar-refractivity contribution < 1.29 is 34.7 Å². The Morgan fingerprint density at radius 1 is 0.714 bits per heavy atom. The normalized spacial score (nSPS) is 9.86. The van der Waals surface area contributed by atoms with Crippen LogP contribution in [0.25, 0.3) is 0 Å². The zero-order chi connectivity index (χ0) is 10.2. The summed E-state index contributed by atoms with van der Waals surface area (Å²) in [7, 11) is 0. The molecular formula is C7H2Br5NaO. The summed E-state index contributed by atoms with van der Waals surface area (Å²) in [4.78, 5) is 0. The molecule has 0 amide bonds. The van der Waals surface area contributed by atoms with Gasteiger partial charge in [0, 0.05) is 22.4 Å². The van der Waals surface area contributed by atoms with Crippen molar-refractivity contribution in [2.75, 3.05) is 0 Å². The predicted molar refractivity (Wildman–Crippen MR) is 68.6 cm³/mol. The minimum atomic E-state index is -0.272. The second-order valence-corrected chi connectivity index (χ2v) is 6.16. The van der Waals surface area contributed by atoms with Gasteiger partial charge in [0.15, 0.2) is 0 Å². The van der Waals surface area contributed by atoms with Crippen molar-refractivity contribution in [2.24, 2.45) is 0 Å². The fourth-order valence-electron chi connectivity index (χ4n) is 0.777. The third kappa shape index (κ3) is 3.29. The Bertz CT molecular complexity index is 325. The summed E-state index contributed by atoms with van der Waals surface area (Å²) in [5.41, 5.74) is 0.696. The van der Waals surface area contributed by atoms with Crippen LogP contribution in [0.15, 0.2) is 22.4 Å². The molecule has 7 heteroatoms. The molecular weight excluding hydrogens is 523 g/mol. The van der Waals surface area contributed by atoms with Gasteiger partial charge < -0.3 is 5.11 Å². The van der Waals surface area contributed by atoms with E-state index >= 15 is 0 Å². The first-order chi connectivity index (χ1) is 6.00. The van der Waals surface area contributed by atoms with Gasteiger partial charge in [-0.05, 0) is 85.2 Å². The van der Waals surface area contributed by atoms with E-state index in [0.717, 1.165) is 22.4 Å². The molecule has 1 nitrogen and oxygen atoms in total. The third-order valence-corrected chi connectivity index (χ3v) is 7.70. The van der Waals surface area contributed by atoms with Crippen LogP contribution in [0.2, 0.25) is 0 Å². The molecule has 0 radical (unpaired) electrons. The molecule has 14 heavy (non-hydrogen) atoms. The summed E-state index contributed by atoms with van der Waals surface area (Å²) >= 11 is 16.8. The zero-order valence-corrected chi connectivity index (χ0v) is 16.9. The van der Waals surface area contributed by atoms with E-state index in [1.165, 1.54) is 0 Å². The van der Waals surface area contributed by atoms with Crippen LogP contribution in [0, 0.1) is 0 Å².